The fourth-order valence-electron chi connectivity index (χ4n) is 1.64. The van der Waals surface area contributed by atoms with Gasteiger partial charge >= 0.3 is 11.9 Å². The molecular weight excluding hydrogens is 272 g/mol. The van der Waals surface area contributed by atoms with E-state index in [4.69, 9.17) is 9.84 Å². The van der Waals surface area contributed by atoms with E-state index in [0.29, 0.717) is 50.7 Å². The van der Waals surface area contributed by atoms with Gasteiger partial charge in [-0.2, -0.15) is 0 Å². The fraction of sp³-hybridized carbons (Fsp3) is 0.625. The van der Waals surface area contributed by atoms with Crippen LogP contribution >= 0.6 is 0 Å². The summed E-state index contributed by atoms with van der Waals surface area (Å²) in [6.45, 7) is 9.28. The summed E-state index contributed by atoms with van der Waals surface area (Å²) in [4.78, 5) is 22.1. The van der Waals surface area contributed by atoms with Gasteiger partial charge in [-0.15, -0.1) is 0 Å². The van der Waals surface area contributed by atoms with Crippen LogP contribution in [0, 0.1) is 0 Å². The number of esters is 1. The number of hydrogen-bond acceptors (Lipinski definition) is 4. The minimum absolute atomic E-state index is 0.204. The maximum atomic E-state index is 11.6. The van der Waals surface area contributed by atoms with Crippen molar-refractivity contribution >= 4 is 11.9 Å². The predicted molar refractivity (Wildman–Crippen MR) is 80.9 cm³/mol. The van der Waals surface area contributed by atoms with Crippen LogP contribution in [-0.4, -0.2) is 34.9 Å². The fourth-order valence-corrected chi connectivity index (χ4v) is 1.64. The number of carboxylic acids is 1. The van der Waals surface area contributed by atoms with Crippen molar-refractivity contribution in [1.82, 2.24) is 0 Å². The Balaban J connectivity index is 3.63. The summed E-state index contributed by atoms with van der Waals surface area (Å²) < 4.78 is 5.07. The van der Waals surface area contributed by atoms with Crippen LogP contribution in [-0.2, 0) is 14.3 Å². The first-order valence-electron chi connectivity index (χ1n) is 7.32. The summed E-state index contributed by atoms with van der Waals surface area (Å²) in [5.74, 6) is -1.39. The third kappa shape index (κ3) is 9.85. The van der Waals surface area contributed by atoms with E-state index in [9.17, 15) is 14.7 Å². The van der Waals surface area contributed by atoms with E-state index in [1.807, 2.05) is 6.92 Å². The summed E-state index contributed by atoms with van der Waals surface area (Å²) in [7, 11) is 0. The molecule has 0 bridgehead atoms. The Hall–Kier alpha value is -1.62. The number of rotatable bonds is 12. The maximum Gasteiger partial charge on any atom is 0.333 e. The van der Waals surface area contributed by atoms with Gasteiger partial charge in [0.25, 0.3) is 0 Å². The molecule has 0 amide bonds. The molecule has 1 atom stereocenters. The van der Waals surface area contributed by atoms with Crippen LogP contribution in [0.4, 0.5) is 0 Å². The van der Waals surface area contributed by atoms with Crippen LogP contribution in [0.2, 0.25) is 0 Å². The molecule has 21 heavy (non-hydrogen) atoms. The zero-order valence-electron chi connectivity index (χ0n) is 12.8. The van der Waals surface area contributed by atoms with Gasteiger partial charge in [0.15, 0.2) is 0 Å². The number of carboxylic acid groups (broad SMARTS) is 1. The van der Waals surface area contributed by atoms with Gasteiger partial charge in [0.05, 0.1) is 12.7 Å². The molecule has 1 unspecified atom stereocenters. The smallest absolute Gasteiger partial charge is 0.333 e. The van der Waals surface area contributed by atoms with Crippen molar-refractivity contribution in [3.05, 3.63) is 24.3 Å². The van der Waals surface area contributed by atoms with E-state index in [1.165, 1.54) is 0 Å². The molecule has 0 saturated heterocycles. The number of aliphatic carboxylic acids is 1. The molecule has 0 aliphatic carbocycles. The summed E-state index contributed by atoms with van der Waals surface area (Å²) in [5.41, 5.74) is 0.580. The zero-order chi connectivity index (χ0) is 16.3. The first kappa shape index (κ1) is 19.4. The van der Waals surface area contributed by atoms with Crippen molar-refractivity contribution in [2.75, 3.05) is 6.61 Å². The quantitative estimate of drug-likeness (QED) is 0.329. The van der Waals surface area contributed by atoms with Crippen molar-refractivity contribution in [1.29, 1.82) is 0 Å². The maximum absolute atomic E-state index is 11.6. The number of carbonyl (C=O) groups is 2. The van der Waals surface area contributed by atoms with Crippen LogP contribution in [0.3, 0.4) is 0 Å². The molecule has 0 aromatic rings. The molecule has 0 fully saturated rings. The van der Waals surface area contributed by atoms with E-state index in [2.05, 4.69) is 13.2 Å². The van der Waals surface area contributed by atoms with E-state index < -0.39 is 18.0 Å². The number of aliphatic hydroxyl groups excluding tert-OH is 1. The van der Waals surface area contributed by atoms with Crippen molar-refractivity contribution in [3.8, 4) is 0 Å². The monoisotopic (exact) mass is 298 g/mol. The highest BCUT2D eigenvalue weighted by molar-refractivity contribution is 5.87. The number of hydrogen-bond donors (Lipinski definition) is 2. The second-order valence-electron chi connectivity index (χ2n) is 5.06. The number of ether oxygens (including phenoxy) is 1. The van der Waals surface area contributed by atoms with Crippen LogP contribution in [0.5, 0.6) is 0 Å². The summed E-state index contributed by atoms with van der Waals surface area (Å²) in [6, 6.07) is 0. The molecule has 0 aromatic heterocycles. The SMILES string of the molecule is C=C(CCCCCOC(=O)C(=C)CCC(O)CC)C(=O)O. The highest BCUT2D eigenvalue weighted by atomic mass is 16.5. The van der Waals surface area contributed by atoms with Gasteiger partial charge in [-0.05, 0) is 44.9 Å². The molecule has 5 heteroatoms. The van der Waals surface area contributed by atoms with Crippen molar-refractivity contribution in [2.24, 2.45) is 0 Å². The Labute approximate surface area is 126 Å². The number of aliphatic hydroxyl groups is 1. The van der Waals surface area contributed by atoms with Gasteiger partial charge < -0.3 is 14.9 Å². The Morgan fingerprint density at radius 1 is 1.10 bits per heavy atom. The average molecular weight is 298 g/mol. The Kier molecular flexibility index (Phi) is 10.2. The van der Waals surface area contributed by atoms with E-state index in [1.54, 1.807) is 0 Å². The third-order valence-corrected chi connectivity index (χ3v) is 3.20. The molecule has 0 aliphatic heterocycles. The van der Waals surface area contributed by atoms with Crippen molar-refractivity contribution in [3.63, 3.8) is 0 Å². The van der Waals surface area contributed by atoms with Crippen LogP contribution < -0.4 is 0 Å². The van der Waals surface area contributed by atoms with Crippen LogP contribution in [0.1, 0.15) is 51.9 Å². The molecule has 0 saturated carbocycles. The first-order valence-corrected chi connectivity index (χ1v) is 7.32. The second kappa shape index (κ2) is 11.1. The summed E-state index contributed by atoms with van der Waals surface area (Å²) >= 11 is 0. The minimum Gasteiger partial charge on any atom is -0.478 e. The van der Waals surface area contributed by atoms with Gasteiger partial charge in [-0.25, -0.2) is 9.59 Å². The Morgan fingerprint density at radius 2 is 1.76 bits per heavy atom. The lowest BCUT2D eigenvalue weighted by molar-refractivity contribution is -0.139. The highest BCUT2D eigenvalue weighted by Crippen LogP contribution is 2.11. The van der Waals surface area contributed by atoms with Gasteiger partial charge in [-0.1, -0.05) is 20.1 Å². The van der Waals surface area contributed by atoms with Crippen molar-refractivity contribution < 1.29 is 24.5 Å². The molecule has 0 rings (SSSR count). The van der Waals surface area contributed by atoms with Gasteiger partial charge in [0, 0.05) is 11.1 Å². The summed E-state index contributed by atoms with van der Waals surface area (Å²) in [6.07, 6.45) is 3.83. The molecule has 0 heterocycles. The van der Waals surface area contributed by atoms with E-state index in [0.717, 1.165) is 6.42 Å². The van der Waals surface area contributed by atoms with Crippen molar-refractivity contribution in [2.45, 2.75) is 58.0 Å². The van der Waals surface area contributed by atoms with Gasteiger partial charge in [0.2, 0.25) is 0 Å². The van der Waals surface area contributed by atoms with Crippen LogP contribution in [0.15, 0.2) is 24.3 Å². The largest absolute Gasteiger partial charge is 0.478 e. The molecule has 120 valence electrons. The molecule has 5 nitrogen and oxygen atoms in total. The van der Waals surface area contributed by atoms with Crippen LogP contribution in [0.25, 0.3) is 0 Å². The summed E-state index contributed by atoms with van der Waals surface area (Å²) in [5, 5.41) is 18.0. The predicted octanol–water partition coefficient (Wildman–Crippen LogP) is 2.84. The van der Waals surface area contributed by atoms with E-state index >= 15 is 0 Å². The number of unbranched alkanes of at least 4 members (excludes halogenated alkanes) is 2. The lowest BCUT2D eigenvalue weighted by Crippen LogP contribution is -2.11. The zero-order valence-corrected chi connectivity index (χ0v) is 12.8. The lowest BCUT2D eigenvalue weighted by atomic mass is 10.1. The molecule has 0 aromatic carbocycles. The normalized spacial score (nSPS) is 11.7. The average Bonchev–Trinajstić information content (AvgIpc) is 2.46. The molecule has 0 aliphatic rings. The molecule has 0 radical (unpaired) electrons. The first-order chi connectivity index (χ1) is 9.88. The van der Waals surface area contributed by atoms with E-state index in [-0.39, 0.29) is 5.57 Å². The topological polar surface area (TPSA) is 83.8 Å². The molecule has 2 N–H and O–H groups in total. The molecular formula is C16H26O5. The number of carbonyl (C=O) groups excluding carboxylic acids is 1. The Bertz CT molecular complexity index is 373. The highest BCUT2D eigenvalue weighted by Gasteiger charge is 2.10. The third-order valence-electron chi connectivity index (χ3n) is 3.20. The van der Waals surface area contributed by atoms with Gasteiger partial charge in [-0.3, -0.25) is 0 Å². The minimum atomic E-state index is -0.966. The lowest BCUT2D eigenvalue weighted by Gasteiger charge is -2.09. The van der Waals surface area contributed by atoms with Gasteiger partial charge in [0.1, 0.15) is 0 Å². The standard InChI is InChI=1S/C16H26O5/c1-4-14(17)10-9-13(3)16(20)21-11-7-5-6-8-12(2)15(18)19/h14,17H,2-11H2,1H3,(H,18,19). The second-order valence-corrected chi connectivity index (χ2v) is 5.06. The molecule has 0 spiro atoms. The Morgan fingerprint density at radius 3 is 2.33 bits per heavy atom.